The summed E-state index contributed by atoms with van der Waals surface area (Å²) < 4.78 is 0. The van der Waals surface area contributed by atoms with Crippen molar-refractivity contribution in [1.29, 1.82) is 0 Å². The van der Waals surface area contributed by atoms with Crippen LogP contribution in [0.5, 0.6) is 0 Å². The number of hydrogen-bond acceptors (Lipinski definition) is 2. The minimum atomic E-state index is -0.411. The maximum absolute atomic E-state index is 10.9. The number of nitrogen functional groups attached to an aromatic ring is 1. The van der Waals surface area contributed by atoms with Crippen molar-refractivity contribution in [1.82, 2.24) is 0 Å². The van der Waals surface area contributed by atoms with E-state index in [9.17, 15) is 4.79 Å². The van der Waals surface area contributed by atoms with Crippen LogP contribution in [0.4, 0.5) is 5.69 Å². The van der Waals surface area contributed by atoms with Gasteiger partial charge in [0.15, 0.2) is 0 Å². The normalized spacial score (nSPS) is 9.65. The molecule has 0 bridgehead atoms. The van der Waals surface area contributed by atoms with Gasteiger partial charge in [0.2, 0.25) is 0 Å². The highest BCUT2D eigenvalue weighted by Crippen LogP contribution is 2.16. The second-order valence-corrected chi connectivity index (χ2v) is 4.59. The molecule has 0 aliphatic heterocycles. The molecule has 0 heterocycles. The molecule has 0 atom stereocenters. The quantitative estimate of drug-likeness (QED) is 0.528. The minimum absolute atomic E-state index is 0.411. The molecule has 3 aromatic carbocycles. The fraction of sp³-hybridized carbons (Fsp3) is 0. The van der Waals surface area contributed by atoms with Crippen LogP contribution in [0.3, 0.4) is 0 Å². The van der Waals surface area contributed by atoms with Crippen molar-refractivity contribution in [2.75, 3.05) is 5.73 Å². The van der Waals surface area contributed by atoms with Crippen LogP contribution < -0.4 is 5.73 Å². The van der Waals surface area contributed by atoms with E-state index in [-0.39, 0.29) is 0 Å². The van der Waals surface area contributed by atoms with Crippen LogP contribution in [0.2, 0.25) is 0 Å². The lowest BCUT2D eigenvalue weighted by Crippen LogP contribution is -1.87. The van der Waals surface area contributed by atoms with E-state index in [0.717, 1.165) is 16.5 Å². The average molecular weight is 284 g/mol. The fourth-order valence-electron chi connectivity index (χ4n) is 1.76. The Morgan fingerprint density at radius 3 is 1.95 bits per heavy atom. The second-order valence-electron chi connectivity index (χ2n) is 4.25. The first-order valence-electron chi connectivity index (χ1n) is 6.16. The van der Waals surface area contributed by atoms with Crippen molar-refractivity contribution < 1.29 is 4.79 Å². The number of carbonyl (C=O) groups excluding carboxylic acids is 1. The van der Waals surface area contributed by atoms with Gasteiger partial charge in [-0.25, -0.2) is 0 Å². The number of benzene rings is 3. The third-order valence-electron chi connectivity index (χ3n) is 2.78. The predicted octanol–water partition coefficient (Wildman–Crippen LogP) is 4.49. The van der Waals surface area contributed by atoms with Gasteiger partial charge in [-0.15, -0.1) is 0 Å². The van der Waals surface area contributed by atoms with Crippen molar-refractivity contribution in [3.8, 4) is 0 Å². The van der Waals surface area contributed by atoms with E-state index in [0.29, 0.717) is 5.56 Å². The van der Waals surface area contributed by atoms with Crippen molar-refractivity contribution in [3.63, 3.8) is 0 Å². The maximum atomic E-state index is 10.9. The highest BCUT2D eigenvalue weighted by atomic mass is 35.5. The first-order valence-corrected chi connectivity index (χ1v) is 6.54. The molecule has 2 N–H and O–H groups in total. The first kappa shape index (κ1) is 14.1. The van der Waals surface area contributed by atoms with E-state index in [1.807, 2.05) is 60.7 Å². The van der Waals surface area contributed by atoms with Crippen molar-refractivity contribution in [2.45, 2.75) is 0 Å². The molecule has 100 valence electrons. The fourth-order valence-corrected chi connectivity index (χ4v) is 1.88. The number of anilines is 1. The van der Waals surface area contributed by atoms with Gasteiger partial charge in [0.25, 0.3) is 5.24 Å². The third-order valence-corrected chi connectivity index (χ3v) is 2.99. The van der Waals surface area contributed by atoms with Crippen molar-refractivity contribution in [2.24, 2.45) is 0 Å². The van der Waals surface area contributed by atoms with Crippen molar-refractivity contribution in [3.05, 3.63) is 78.4 Å². The van der Waals surface area contributed by atoms with Crippen LogP contribution in [-0.4, -0.2) is 5.24 Å². The zero-order valence-electron chi connectivity index (χ0n) is 10.8. The van der Waals surface area contributed by atoms with Crippen LogP contribution in [0.1, 0.15) is 10.4 Å². The summed E-state index contributed by atoms with van der Waals surface area (Å²) >= 11 is 5.36. The van der Waals surface area contributed by atoms with E-state index in [1.165, 1.54) is 0 Å². The van der Waals surface area contributed by atoms with Gasteiger partial charge in [-0.3, -0.25) is 4.79 Å². The topological polar surface area (TPSA) is 43.1 Å². The highest BCUT2D eigenvalue weighted by molar-refractivity contribution is 6.67. The van der Waals surface area contributed by atoms with Crippen molar-refractivity contribution >= 4 is 33.3 Å². The van der Waals surface area contributed by atoms with E-state index in [4.69, 9.17) is 17.3 Å². The Morgan fingerprint density at radius 2 is 1.40 bits per heavy atom. The van der Waals surface area contributed by atoms with Gasteiger partial charge in [0.1, 0.15) is 0 Å². The molecule has 0 spiro atoms. The average Bonchev–Trinajstić information content (AvgIpc) is 2.48. The summed E-state index contributed by atoms with van der Waals surface area (Å²) in [6, 6.07) is 22.8. The second kappa shape index (κ2) is 6.73. The largest absolute Gasteiger partial charge is 0.399 e. The van der Waals surface area contributed by atoms with Gasteiger partial charge in [0, 0.05) is 11.3 Å². The summed E-state index contributed by atoms with van der Waals surface area (Å²) in [6.07, 6.45) is 0. The minimum Gasteiger partial charge on any atom is -0.399 e. The van der Waals surface area contributed by atoms with Crippen LogP contribution in [0.25, 0.3) is 10.8 Å². The molecule has 0 aromatic heterocycles. The SMILES string of the molecule is Nc1ccccc1.O=C(Cl)c1ccc2ccccc2c1. The smallest absolute Gasteiger partial charge is 0.252 e. The lowest BCUT2D eigenvalue weighted by molar-refractivity contribution is 0.108. The molecule has 0 saturated carbocycles. The van der Waals surface area contributed by atoms with Gasteiger partial charge in [-0.05, 0) is 46.6 Å². The Hall–Kier alpha value is -2.32. The molecule has 0 fully saturated rings. The van der Waals surface area contributed by atoms with E-state index >= 15 is 0 Å². The Morgan fingerprint density at radius 1 is 0.800 bits per heavy atom. The summed E-state index contributed by atoms with van der Waals surface area (Å²) in [4.78, 5) is 10.9. The standard InChI is InChI=1S/C11H7ClO.C6H7N/c12-11(13)10-6-5-8-3-1-2-4-9(8)7-10;7-6-4-2-1-3-5-6/h1-7H;1-5H,7H2. The maximum Gasteiger partial charge on any atom is 0.252 e. The third kappa shape index (κ3) is 3.84. The van der Waals surface area contributed by atoms with E-state index < -0.39 is 5.24 Å². The molecule has 0 amide bonds. The summed E-state index contributed by atoms with van der Waals surface area (Å²) in [5, 5.41) is 1.74. The van der Waals surface area contributed by atoms with Crippen LogP contribution >= 0.6 is 11.6 Å². The Kier molecular flexibility index (Phi) is 4.75. The predicted molar refractivity (Wildman–Crippen MR) is 85.0 cm³/mol. The Labute approximate surface area is 122 Å². The van der Waals surface area contributed by atoms with Gasteiger partial charge >= 0.3 is 0 Å². The van der Waals surface area contributed by atoms with Gasteiger partial charge in [-0.1, -0.05) is 48.5 Å². The molecule has 2 nitrogen and oxygen atoms in total. The summed E-state index contributed by atoms with van der Waals surface area (Å²) in [5.74, 6) is 0. The molecule has 3 heteroatoms. The molecule has 0 aliphatic carbocycles. The zero-order valence-corrected chi connectivity index (χ0v) is 11.5. The number of rotatable bonds is 1. The number of fused-ring (bicyclic) bond motifs is 1. The summed E-state index contributed by atoms with van der Waals surface area (Å²) in [7, 11) is 0. The molecule has 20 heavy (non-hydrogen) atoms. The molecular weight excluding hydrogens is 270 g/mol. The first-order chi connectivity index (χ1) is 9.66. The monoisotopic (exact) mass is 283 g/mol. The van der Waals surface area contributed by atoms with Crippen LogP contribution in [0, 0.1) is 0 Å². The van der Waals surface area contributed by atoms with E-state index in [1.54, 1.807) is 12.1 Å². The number of nitrogens with two attached hydrogens (primary N) is 1. The van der Waals surface area contributed by atoms with Crippen LogP contribution in [-0.2, 0) is 0 Å². The van der Waals surface area contributed by atoms with Crippen LogP contribution in [0.15, 0.2) is 72.8 Å². The molecule has 0 saturated heterocycles. The summed E-state index contributed by atoms with van der Waals surface area (Å²) in [5.41, 5.74) is 6.72. The lowest BCUT2D eigenvalue weighted by atomic mass is 10.1. The van der Waals surface area contributed by atoms with Gasteiger partial charge in [-0.2, -0.15) is 0 Å². The number of carbonyl (C=O) groups is 1. The molecule has 3 rings (SSSR count). The highest BCUT2D eigenvalue weighted by Gasteiger charge is 2.01. The number of hydrogen-bond donors (Lipinski definition) is 1. The molecule has 0 aliphatic rings. The number of halogens is 1. The zero-order chi connectivity index (χ0) is 14.4. The summed E-state index contributed by atoms with van der Waals surface area (Å²) in [6.45, 7) is 0. The number of para-hydroxylation sites is 1. The Balaban J connectivity index is 0.000000178. The van der Waals surface area contributed by atoms with E-state index in [2.05, 4.69) is 0 Å². The Bertz CT molecular complexity index is 710. The van der Waals surface area contributed by atoms with Gasteiger partial charge in [0.05, 0.1) is 0 Å². The molecular formula is C17H14ClNO. The molecule has 3 aromatic rings. The molecule has 0 unspecified atom stereocenters. The molecule has 0 radical (unpaired) electrons. The lowest BCUT2D eigenvalue weighted by Gasteiger charge is -1.98. The van der Waals surface area contributed by atoms with Gasteiger partial charge < -0.3 is 5.73 Å².